The minimum atomic E-state index is -4.14. The summed E-state index contributed by atoms with van der Waals surface area (Å²) in [5.74, 6) is -0.0480. The molecule has 1 aliphatic rings. The number of rotatable bonds is 6. The number of pyridine rings is 1. The summed E-state index contributed by atoms with van der Waals surface area (Å²) < 4.78 is 28.3. The molecule has 0 amide bonds. The maximum absolute atomic E-state index is 11.1. The molecule has 3 aromatic heterocycles. The van der Waals surface area contributed by atoms with Crippen molar-refractivity contribution in [2.75, 3.05) is 11.9 Å². The number of aromatic nitrogens is 4. The Hall–Kier alpha value is -2.64. The van der Waals surface area contributed by atoms with Gasteiger partial charge in [-0.15, -0.1) is 0 Å². The summed E-state index contributed by atoms with van der Waals surface area (Å²) >= 11 is 0. The number of aliphatic hydroxyl groups is 2. The Labute approximate surface area is 191 Å². The summed E-state index contributed by atoms with van der Waals surface area (Å²) in [7, 11) is -4.14. The smallest absolute Gasteiger partial charge is 0.333 e. The number of aliphatic hydroxyl groups excluding tert-OH is 2. The zero-order valence-corrected chi connectivity index (χ0v) is 19.4. The molecule has 4 atom stereocenters. The van der Waals surface area contributed by atoms with Gasteiger partial charge in [0.1, 0.15) is 17.6 Å². The highest BCUT2D eigenvalue weighted by Gasteiger charge is 2.42. The molecule has 0 spiro atoms. The number of fused-ring (bicyclic) bond motifs is 1. The van der Waals surface area contributed by atoms with Gasteiger partial charge in [0.15, 0.2) is 5.65 Å². The maximum atomic E-state index is 11.1. The summed E-state index contributed by atoms with van der Waals surface area (Å²) in [4.78, 5) is 9.10. The van der Waals surface area contributed by atoms with Gasteiger partial charge in [-0.25, -0.2) is 10.1 Å². The number of nitrogens with one attached hydrogen (secondary N) is 1. The van der Waals surface area contributed by atoms with Crippen LogP contribution in [0.2, 0.25) is 0 Å². The quantitative estimate of drug-likeness (QED) is 0.403. The van der Waals surface area contributed by atoms with Crippen LogP contribution in [0.1, 0.15) is 32.9 Å². The first-order valence-electron chi connectivity index (χ1n) is 10.5. The van der Waals surface area contributed by atoms with Crippen LogP contribution in [0.5, 0.6) is 0 Å². The predicted octanol–water partition coefficient (Wildman–Crippen LogP) is 0.831. The Morgan fingerprint density at radius 3 is 2.67 bits per heavy atom. The van der Waals surface area contributed by atoms with Crippen LogP contribution >= 0.6 is 0 Å². The first-order chi connectivity index (χ1) is 15.4. The van der Waals surface area contributed by atoms with E-state index in [1.54, 1.807) is 16.8 Å². The van der Waals surface area contributed by atoms with E-state index in [1.165, 1.54) is 0 Å². The van der Waals surface area contributed by atoms with Gasteiger partial charge in [-0.1, -0.05) is 26.8 Å². The molecule has 4 rings (SSSR count). The molecular formula is C21H28N6O5S. The third-order valence-corrected chi connectivity index (χ3v) is 6.18. The van der Waals surface area contributed by atoms with Crippen LogP contribution in [0.25, 0.3) is 17.0 Å². The lowest BCUT2D eigenvalue weighted by Gasteiger charge is -2.19. The summed E-state index contributed by atoms with van der Waals surface area (Å²) in [6.45, 7) is 5.96. The highest BCUT2D eigenvalue weighted by molar-refractivity contribution is 7.84. The average Bonchev–Trinajstić information content (AvgIpc) is 3.29. The molecule has 1 aliphatic carbocycles. The van der Waals surface area contributed by atoms with Gasteiger partial charge in [-0.2, -0.15) is 18.0 Å². The molecule has 1 unspecified atom stereocenters. The van der Waals surface area contributed by atoms with E-state index in [-0.39, 0.29) is 18.4 Å². The molecule has 3 aromatic rings. The van der Waals surface area contributed by atoms with Crippen LogP contribution in [0.3, 0.4) is 0 Å². The number of hydrogen-bond acceptors (Lipinski definition) is 9. The van der Waals surface area contributed by atoms with Gasteiger partial charge in [-0.3, -0.25) is 9.17 Å². The zero-order chi connectivity index (χ0) is 24.0. The maximum Gasteiger partial charge on any atom is 0.333 e. The molecular weight excluding hydrogens is 448 g/mol. The topological polar surface area (TPSA) is 165 Å². The number of nitrogens with zero attached hydrogens (tertiary/aromatic N) is 4. The first kappa shape index (κ1) is 23.5. The van der Waals surface area contributed by atoms with Gasteiger partial charge >= 0.3 is 10.3 Å². The lowest BCUT2D eigenvalue weighted by Crippen LogP contribution is -2.36. The lowest BCUT2D eigenvalue weighted by molar-refractivity contribution is 0.00777. The van der Waals surface area contributed by atoms with Gasteiger partial charge in [-0.05, 0) is 24.6 Å². The van der Waals surface area contributed by atoms with Crippen LogP contribution < -0.4 is 10.5 Å². The van der Waals surface area contributed by atoms with Crippen molar-refractivity contribution in [3.8, 4) is 11.4 Å². The molecule has 0 bridgehead atoms. The highest BCUT2D eigenvalue weighted by Crippen LogP contribution is 2.30. The van der Waals surface area contributed by atoms with Gasteiger partial charge < -0.3 is 15.5 Å². The third-order valence-electron chi connectivity index (χ3n) is 5.72. The number of hydrogen-bond donors (Lipinski definition) is 4. The Morgan fingerprint density at radius 1 is 1.21 bits per heavy atom. The molecule has 1 saturated carbocycles. The molecule has 0 aromatic carbocycles. The fourth-order valence-corrected chi connectivity index (χ4v) is 4.29. The van der Waals surface area contributed by atoms with E-state index < -0.39 is 34.5 Å². The van der Waals surface area contributed by atoms with Crippen LogP contribution in [-0.2, 0) is 19.9 Å². The molecule has 33 heavy (non-hydrogen) atoms. The third kappa shape index (κ3) is 5.14. The predicted molar refractivity (Wildman–Crippen MR) is 122 cm³/mol. The molecule has 5 N–H and O–H groups in total. The second-order valence-corrected chi connectivity index (χ2v) is 10.5. The SMILES string of the molecule is CC(C)(C)c1cccc(-c2cc3nccc(N[C@@H]4CC(COS(N)(=O)=O)[C@@H](O)[C@H]4O)n3n2)n1. The first-order valence-corrected chi connectivity index (χ1v) is 12.0. The van der Waals surface area contributed by atoms with Gasteiger partial charge in [0.25, 0.3) is 0 Å². The largest absolute Gasteiger partial charge is 0.390 e. The minimum absolute atomic E-state index is 0.108. The van der Waals surface area contributed by atoms with E-state index in [4.69, 9.17) is 10.1 Å². The monoisotopic (exact) mass is 476 g/mol. The number of nitrogens with two attached hydrogens (primary N) is 1. The van der Waals surface area contributed by atoms with E-state index in [2.05, 4.69) is 40.4 Å². The van der Waals surface area contributed by atoms with E-state index in [9.17, 15) is 18.6 Å². The van der Waals surface area contributed by atoms with E-state index in [0.717, 1.165) is 11.4 Å². The molecule has 12 heteroatoms. The molecule has 0 saturated heterocycles. The van der Waals surface area contributed by atoms with Crippen molar-refractivity contribution in [1.29, 1.82) is 0 Å². The normalized spacial score (nSPS) is 23.8. The van der Waals surface area contributed by atoms with Crippen molar-refractivity contribution in [3.63, 3.8) is 0 Å². The Balaban J connectivity index is 1.58. The Bertz CT molecular complexity index is 1260. The van der Waals surface area contributed by atoms with E-state index in [1.807, 2.05) is 24.3 Å². The lowest BCUT2D eigenvalue weighted by atomic mass is 9.91. The van der Waals surface area contributed by atoms with Crippen LogP contribution in [0.15, 0.2) is 36.5 Å². The summed E-state index contributed by atoms with van der Waals surface area (Å²) in [6.07, 6.45) is -0.423. The van der Waals surface area contributed by atoms with Crippen molar-refractivity contribution in [2.24, 2.45) is 11.1 Å². The van der Waals surface area contributed by atoms with E-state index >= 15 is 0 Å². The summed E-state index contributed by atoms with van der Waals surface area (Å²) in [6, 6.07) is 8.78. The van der Waals surface area contributed by atoms with Gasteiger partial charge in [0.05, 0.1) is 24.4 Å². The van der Waals surface area contributed by atoms with E-state index in [0.29, 0.717) is 17.2 Å². The van der Waals surface area contributed by atoms with Gasteiger partial charge in [0.2, 0.25) is 0 Å². The summed E-state index contributed by atoms with van der Waals surface area (Å²) in [5, 5.41) is 33.5. The van der Waals surface area contributed by atoms with Crippen molar-refractivity contribution in [1.82, 2.24) is 19.6 Å². The molecule has 0 radical (unpaired) electrons. The second-order valence-electron chi connectivity index (χ2n) is 9.29. The fourth-order valence-electron chi connectivity index (χ4n) is 3.93. The van der Waals surface area contributed by atoms with Crippen molar-refractivity contribution >= 4 is 21.8 Å². The molecule has 1 fully saturated rings. The van der Waals surface area contributed by atoms with Crippen molar-refractivity contribution in [3.05, 3.63) is 42.2 Å². The molecule has 3 heterocycles. The number of anilines is 1. The van der Waals surface area contributed by atoms with Crippen LogP contribution in [0.4, 0.5) is 5.82 Å². The van der Waals surface area contributed by atoms with Crippen molar-refractivity contribution < 1.29 is 22.8 Å². The standard InChI is InChI=1S/C21H28N6O5S/c1-21(2,3)16-6-4-5-13(24-16)14-10-18-23-8-7-17(27(18)26-14)25-15-9-12(19(28)20(15)29)11-32-33(22,30)31/h4-8,10,12,15,19-20,25,28-29H,9,11H2,1-3H3,(H2,22,30,31)/t12?,15-,19-,20+/m1/s1. The summed E-state index contributed by atoms with van der Waals surface area (Å²) in [5.41, 5.74) is 2.78. The Kier molecular flexibility index (Phi) is 6.14. The Morgan fingerprint density at radius 2 is 1.97 bits per heavy atom. The van der Waals surface area contributed by atoms with Gasteiger partial charge in [0, 0.05) is 29.3 Å². The molecule has 11 nitrogen and oxygen atoms in total. The molecule has 178 valence electrons. The highest BCUT2D eigenvalue weighted by atomic mass is 32.2. The van der Waals surface area contributed by atoms with Crippen molar-refractivity contribution in [2.45, 2.75) is 50.9 Å². The average molecular weight is 477 g/mol. The van der Waals surface area contributed by atoms with Crippen LogP contribution in [0, 0.1) is 5.92 Å². The fraction of sp³-hybridized carbons (Fsp3) is 0.476. The molecule has 0 aliphatic heterocycles. The zero-order valence-electron chi connectivity index (χ0n) is 18.6. The van der Waals surface area contributed by atoms with Crippen LogP contribution in [-0.4, -0.2) is 63.1 Å². The minimum Gasteiger partial charge on any atom is -0.390 e. The second kappa shape index (κ2) is 8.61.